The molecule has 0 aliphatic heterocycles. The monoisotopic (exact) mass is 287 g/mol. The van der Waals surface area contributed by atoms with Crippen molar-refractivity contribution in [3.8, 4) is 0 Å². The first-order valence-corrected chi connectivity index (χ1v) is 5.94. The molecular weight excluding hydrogens is 279 g/mol. The van der Waals surface area contributed by atoms with Crippen LogP contribution >= 0.6 is 23.2 Å². The lowest BCUT2D eigenvalue weighted by Gasteiger charge is -2.09. The van der Waals surface area contributed by atoms with Crippen molar-refractivity contribution in [2.45, 2.75) is 6.54 Å². The van der Waals surface area contributed by atoms with E-state index in [1.165, 1.54) is 30.3 Å². The highest BCUT2D eigenvalue weighted by Gasteiger charge is 2.03. The molecule has 0 saturated carbocycles. The summed E-state index contributed by atoms with van der Waals surface area (Å²) in [6, 6.07) is 8.29. The van der Waals surface area contributed by atoms with E-state index >= 15 is 0 Å². The molecular formula is C13H9Cl2F2N. The fourth-order valence-electron chi connectivity index (χ4n) is 1.54. The number of hydrogen-bond acceptors (Lipinski definition) is 1. The van der Waals surface area contributed by atoms with Gasteiger partial charge in [-0.15, -0.1) is 0 Å². The summed E-state index contributed by atoms with van der Waals surface area (Å²) in [5, 5.41) is 3.59. The molecule has 0 aromatic heterocycles. The average Bonchev–Trinajstić information content (AvgIpc) is 2.26. The Bertz CT molecular complexity index is 553. The fraction of sp³-hybridized carbons (Fsp3) is 0.0769. The second kappa shape index (κ2) is 5.55. The van der Waals surface area contributed by atoms with E-state index < -0.39 is 11.6 Å². The summed E-state index contributed by atoms with van der Waals surface area (Å²) >= 11 is 11.6. The van der Waals surface area contributed by atoms with E-state index in [4.69, 9.17) is 23.2 Å². The van der Waals surface area contributed by atoms with Crippen molar-refractivity contribution < 1.29 is 8.78 Å². The van der Waals surface area contributed by atoms with Gasteiger partial charge in [0.1, 0.15) is 11.6 Å². The van der Waals surface area contributed by atoms with E-state index in [9.17, 15) is 8.78 Å². The number of halogens is 4. The number of rotatable bonds is 3. The topological polar surface area (TPSA) is 12.0 Å². The molecule has 1 N–H and O–H groups in total. The van der Waals surface area contributed by atoms with Crippen molar-refractivity contribution in [3.05, 3.63) is 63.6 Å². The maximum absolute atomic E-state index is 13.1. The summed E-state index contributed by atoms with van der Waals surface area (Å²) in [4.78, 5) is 0. The highest BCUT2D eigenvalue weighted by molar-refractivity contribution is 6.33. The van der Waals surface area contributed by atoms with Crippen LogP contribution in [0.25, 0.3) is 0 Å². The zero-order valence-corrected chi connectivity index (χ0v) is 10.7. The molecule has 2 aromatic carbocycles. The molecule has 0 radical (unpaired) electrons. The number of hydrogen-bond donors (Lipinski definition) is 1. The second-order valence-corrected chi connectivity index (χ2v) is 4.60. The number of anilines is 1. The van der Waals surface area contributed by atoms with Crippen molar-refractivity contribution >= 4 is 28.9 Å². The molecule has 0 unspecified atom stereocenters. The number of benzene rings is 2. The summed E-state index contributed by atoms with van der Waals surface area (Å²) in [6.07, 6.45) is 0. The summed E-state index contributed by atoms with van der Waals surface area (Å²) in [5.41, 5.74) is 1.26. The first kappa shape index (κ1) is 13.1. The van der Waals surface area contributed by atoms with Gasteiger partial charge in [0.15, 0.2) is 0 Å². The maximum Gasteiger partial charge on any atom is 0.125 e. The minimum atomic E-state index is -0.403. The van der Waals surface area contributed by atoms with E-state index in [0.29, 0.717) is 22.8 Å². The molecule has 0 bridgehead atoms. The smallest absolute Gasteiger partial charge is 0.125 e. The highest BCUT2D eigenvalue weighted by Crippen LogP contribution is 2.23. The fourth-order valence-corrected chi connectivity index (χ4v) is 2.02. The molecule has 0 aliphatic carbocycles. The maximum atomic E-state index is 13.1. The van der Waals surface area contributed by atoms with Crippen LogP contribution in [-0.2, 0) is 6.54 Å². The lowest BCUT2D eigenvalue weighted by atomic mass is 10.2. The van der Waals surface area contributed by atoms with Gasteiger partial charge in [-0.05, 0) is 42.0 Å². The average molecular weight is 288 g/mol. The largest absolute Gasteiger partial charge is 0.380 e. The van der Waals surface area contributed by atoms with Gasteiger partial charge in [-0.3, -0.25) is 0 Å². The highest BCUT2D eigenvalue weighted by atomic mass is 35.5. The van der Waals surface area contributed by atoms with Crippen LogP contribution in [0.2, 0.25) is 10.0 Å². The van der Waals surface area contributed by atoms with Gasteiger partial charge in [0, 0.05) is 11.6 Å². The van der Waals surface area contributed by atoms with Gasteiger partial charge in [0.2, 0.25) is 0 Å². The molecule has 0 heterocycles. The predicted octanol–water partition coefficient (Wildman–Crippen LogP) is 4.88. The van der Waals surface area contributed by atoms with Crippen molar-refractivity contribution in [2.75, 3.05) is 5.32 Å². The van der Waals surface area contributed by atoms with Crippen molar-refractivity contribution in [3.63, 3.8) is 0 Å². The SMILES string of the molecule is Fc1cc(Cl)cc(CNc2ccc(F)cc2Cl)c1. The molecule has 0 saturated heterocycles. The molecule has 1 nitrogen and oxygen atoms in total. The third-order valence-corrected chi connectivity index (χ3v) is 2.87. The van der Waals surface area contributed by atoms with Crippen LogP contribution in [-0.4, -0.2) is 0 Å². The molecule has 0 amide bonds. The van der Waals surface area contributed by atoms with Gasteiger partial charge in [0.05, 0.1) is 10.7 Å². The molecule has 5 heteroatoms. The van der Waals surface area contributed by atoms with Crippen LogP contribution < -0.4 is 5.32 Å². The van der Waals surface area contributed by atoms with Crippen LogP contribution in [0.3, 0.4) is 0 Å². The van der Waals surface area contributed by atoms with E-state index in [2.05, 4.69) is 5.32 Å². The van der Waals surface area contributed by atoms with Gasteiger partial charge < -0.3 is 5.32 Å². The van der Waals surface area contributed by atoms with Crippen LogP contribution in [0.15, 0.2) is 36.4 Å². The molecule has 0 spiro atoms. The van der Waals surface area contributed by atoms with Gasteiger partial charge in [0.25, 0.3) is 0 Å². The minimum Gasteiger partial charge on any atom is -0.380 e. The number of nitrogens with one attached hydrogen (secondary N) is 1. The molecule has 94 valence electrons. The summed E-state index contributed by atoms with van der Waals surface area (Å²) < 4.78 is 25.9. The normalized spacial score (nSPS) is 10.4. The zero-order valence-electron chi connectivity index (χ0n) is 9.18. The third kappa shape index (κ3) is 3.34. The van der Waals surface area contributed by atoms with Gasteiger partial charge in [-0.2, -0.15) is 0 Å². The minimum absolute atomic E-state index is 0.275. The molecule has 2 rings (SSSR count). The van der Waals surface area contributed by atoms with E-state index in [-0.39, 0.29) is 5.02 Å². The van der Waals surface area contributed by atoms with E-state index in [0.717, 1.165) is 0 Å². The Kier molecular flexibility index (Phi) is 4.04. The Morgan fingerprint density at radius 3 is 2.39 bits per heavy atom. The van der Waals surface area contributed by atoms with Gasteiger partial charge in [-0.1, -0.05) is 23.2 Å². The standard InChI is InChI=1S/C13H9Cl2F2N/c14-9-3-8(4-11(17)5-9)7-18-13-2-1-10(16)6-12(13)15/h1-6,18H,7H2. The Hall–Kier alpha value is -1.32. The Balaban J connectivity index is 2.11. The molecule has 2 aromatic rings. The molecule has 0 aliphatic rings. The Morgan fingerprint density at radius 2 is 1.72 bits per heavy atom. The van der Waals surface area contributed by atoms with Gasteiger partial charge in [-0.25, -0.2) is 8.78 Å². The van der Waals surface area contributed by atoms with E-state index in [1.807, 2.05) is 0 Å². The molecule has 0 atom stereocenters. The van der Waals surface area contributed by atoms with Crippen LogP contribution in [0, 0.1) is 11.6 Å². The second-order valence-electron chi connectivity index (χ2n) is 3.76. The lowest BCUT2D eigenvalue weighted by molar-refractivity contribution is 0.626. The summed E-state index contributed by atoms with van der Waals surface area (Å²) in [6.45, 7) is 0.350. The van der Waals surface area contributed by atoms with Crippen molar-refractivity contribution in [1.82, 2.24) is 0 Å². The zero-order chi connectivity index (χ0) is 13.1. The first-order valence-electron chi connectivity index (χ1n) is 5.18. The first-order chi connectivity index (χ1) is 8.54. The van der Waals surface area contributed by atoms with E-state index in [1.54, 1.807) is 6.07 Å². The molecule has 18 heavy (non-hydrogen) atoms. The quantitative estimate of drug-likeness (QED) is 0.848. The Labute approximate surface area is 113 Å². The predicted molar refractivity (Wildman–Crippen MR) is 70.1 cm³/mol. The van der Waals surface area contributed by atoms with Crippen LogP contribution in [0.4, 0.5) is 14.5 Å². The molecule has 0 fully saturated rings. The Morgan fingerprint density at radius 1 is 0.944 bits per heavy atom. The third-order valence-electron chi connectivity index (χ3n) is 2.34. The van der Waals surface area contributed by atoms with Crippen LogP contribution in [0.5, 0.6) is 0 Å². The lowest BCUT2D eigenvalue weighted by Crippen LogP contribution is -2.00. The van der Waals surface area contributed by atoms with Crippen LogP contribution in [0.1, 0.15) is 5.56 Å². The van der Waals surface area contributed by atoms with Crippen molar-refractivity contribution in [1.29, 1.82) is 0 Å². The van der Waals surface area contributed by atoms with Gasteiger partial charge >= 0.3 is 0 Å². The van der Waals surface area contributed by atoms with Crippen molar-refractivity contribution in [2.24, 2.45) is 0 Å². The summed E-state index contributed by atoms with van der Waals surface area (Å²) in [7, 11) is 0. The summed E-state index contributed by atoms with van der Waals surface area (Å²) in [5.74, 6) is -0.802.